The van der Waals surface area contributed by atoms with Crippen molar-refractivity contribution in [2.45, 2.75) is 26.9 Å². The maximum absolute atomic E-state index is 14.8. The Bertz CT molecular complexity index is 1370. The number of carbonyl (C=O) groups excluding carboxylic acids is 1. The number of ether oxygens (including phenoxy) is 3. The van der Waals surface area contributed by atoms with Gasteiger partial charge < -0.3 is 19.3 Å². The molecular formula is C25H22F3NO5. The number of rotatable bonds is 8. The van der Waals surface area contributed by atoms with Crippen LogP contribution in [0.25, 0.3) is 27.2 Å². The first-order valence-electron chi connectivity index (χ1n) is 10.7. The lowest BCUT2D eigenvalue weighted by Crippen LogP contribution is -2.09. The smallest absolute Gasteiger partial charge is 0.387 e. The Morgan fingerprint density at radius 1 is 1.03 bits per heavy atom. The molecule has 0 unspecified atom stereocenters. The Balaban J connectivity index is 1.93. The highest BCUT2D eigenvalue weighted by molar-refractivity contribution is 6.13. The van der Waals surface area contributed by atoms with Crippen LogP contribution in [0.1, 0.15) is 19.4 Å². The highest BCUT2D eigenvalue weighted by Gasteiger charge is 2.25. The molecule has 9 heteroatoms. The molecule has 0 aliphatic rings. The molecule has 0 atom stereocenters. The van der Waals surface area contributed by atoms with Crippen molar-refractivity contribution in [2.75, 3.05) is 13.2 Å². The van der Waals surface area contributed by atoms with Gasteiger partial charge in [-0.05, 0) is 31.5 Å². The molecule has 0 amide bonds. The summed E-state index contributed by atoms with van der Waals surface area (Å²) in [6.07, 6.45) is 1.14. The van der Waals surface area contributed by atoms with Crippen LogP contribution in [0.2, 0.25) is 0 Å². The first kappa shape index (κ1) is 23.3. The summed E-state index contributed by atoms with van der Waals surface area (Å²) in [5.41, 5.74) is 0.342. The SMILES string of the molecule is CCOC(=O)Cc1ccc(-n2cc3c(OC(F)F)c4ccccc4c(OCC)c3c2O)cc1F. The molecule has 4 rings (SSSR count). The van der Waals surface area contributed by atoms with Gasteiger partial charge in [-0.15, -0.1) is 0 Å². The van der Waals surface area contributed by atoms with Crippen molar-refractivity contribution in [3.05, 3.63) is 60.0 Å². The minimum absolute atomic E-state index is 0.126. The zero-order valence-electron chi connectivity index (χ0n) is 18.5. The third kappa shape index (κ3) is 4.21. The average Bonchev–Trinajstić information content (AvgIpc) is 3.14. The molecule has 0 saturated heterocycles. The van der Waals surface area contributed by atoms with Crippen molar-refractivity contribution in [1.82, 2.24) is 4.57 Å². The maximum atomic E-state index is 14.8. The van der Waals surface area contributed by atoms with Crippen LogP contribution in [0, 0.1) is 5.82 Å². The summed E-state index contributed by atoms with van der Waals surface area (Å²) in [5, 5.41) is 12.3. The number of hydrogen-bond donors (Lipinski definition) is 1. The van der Waals surface area contributed by atoms with E-state index in [2.05, 4.69) is 0 Å². The largest absolute Gasteiger partial charge is 0.494 e. The van der Waals surface area contributed by atoms with Gasteiger partial charge in [0.05, 0.1) is 36.1 Å². The molecule has 0 fully saturated rings. The van der Waals surface area contributed by atoms with E-state index < -0.39 is 18.4 Å². The molecule has 1 heterocycles. The zero-order chi connectivity index (χ0) is 24.4. The monoisotopic (exact) mass is 473 g/mol. The molecule has 3 aromatic carbocycles. The van der Waals surface area contributed by atoms with Crippen LogP contribution in [0.5, 0.6) is 17.4 Å². The fourth-order valence-electron chi connectivity index (χ4n) is 3.95. The van der Waals surface area contributed by atoms with Crippen molar-refractivity contribution in [3.63, 3.8) is 0 Å². The minimum Gasteiger partial charge on any atom is -0.494 e. The molecule has 1 N–H and O–H groups in total. The van der Waals surface area contributed by atoms with Crippen LogP contribution in [0.3, 0.4) is 0 Å². The summed E-state index contributed by atoms with van der Waals surface area (Å²) >= 11 is 0. The zero-order valence-corrected chi connectivity index (χ0v) is 18.5. The summed E-state index contributed by atoms with van der Waals surface area (Å²) in [6, 6.07) is 10.7. The van der Waals surface area contributed by atoms with E-state index in [1.807, 2.05) is 0 Å². The van der Waals surface area contributed by atoms with Gasteiger partial charge in [0.25, 0.3) is 0 Å². The van der Waals surface area contributed by atoms with E-state index in [0.717, 1.165) is 6.07 Å². The molecule has 0 radical (unpaired) electrons. The fraction of sp³-hybridized carbons (Fsp3) is 0.240. The van der Waals surface area contributed by atoms with Crippen LogP contribution in [0.15, 0.2) is 48.7 Å². The molecule has 178 valence electrons. The number of benzene rings is 3. The maximum Gasteiger partial charge on any atom is 0.387 e. The second-order valence-corrected chi connectivity index (χ2v) is 7.38. The molecule has 0 aliphatic heterocycles. The van der Waals surface area contributed by atoms with E-state index in [4.69, 9.17) is 14.2 Å². The Hall–Kier alpha value is -3.88. The Kier molecular flexibility index (Phi) is 6.54. The molecule has 1 aromatic heterocycles. The second kappa shape index (κ2) is 9.54. The number of nitrogens with zero attached hydrogens (tertiary/aromatic N) is 1. The predicted octanol–water partition coefficient (Wildman–Crippen LogP) is 5.73. The van der Waals surface area contributed by atoms with Gasteiger partial charge in [-0.3, -0.25) is 9.36 Å². The Labute approximate surface area is 193 Å². The lowest BCUT2D eigenvalue weighted by atomic mass is 10.0. The standard InChI is InChI=1S/C25H22F3NO5/c1-3-32-20(30)11-14-9-10-15(12-19(14)26)29-13-18-21(24(29)31)23(33-4-2)17-8-6-5-7-16(17)22(18)34-25(27)28/h5-10,12-13,25,31H,3-4,11H2,1-2H3. The number of fused-ring (bicyclic) bond motifs is 2. The minimum atomic E-state index is -3.10. The van der Waals surface area contributed by atoms with Crippen molar-refractivity contribution in [3.8, 4) is 23.1 Å². The lowest BCUT2D eigenvalue weighted by Gasteiger charge is -2.14. The van der Waals surface area contributed by atoms with Crippen molar-refractivity contribution >= 4 is 27.5 Å². The van der Waals surface area contributed by atoms with Gasteiger partial charge in [0.15, 0.2) is 0 Å². The van der Waals surface area contributed by atoms with Crippen molar-refractivity contribution in [2.24, 2.45) is 0 Å². The normalized spacial score (nSPS) is 11.4. The van der Waals surface area contributed by atoms with Gasteiger partial charge in [-0.1, -0.05) is 30.3 Å². The van der Waals surface area contributed by atoms with Crippen molar-refractivity contribution < 1.29 is 37.3 Å². The Morgan fingerprint density at radius 2 is 1.74 bits per heavy atom. The summed E-state index contributed by atoms with van der Waals surface area (Å²) < 4.78 is 58.1. The highest BCUT2D eigenvalue weighted by atomic mass is 19.3. The third-order valence-corrected chi connectivity index (χ3v) is 5.32. The summed E-state index contributed by atoms with van der Waals surface area (Å²) in [4.78, 5) is 11.7. The van der Waals surface area contributed by atoms with Crippen LogP contribution in [-0.4, -0.2) is 35.5 Å². The van der Waals surface area contributed by atoms with Gasteiger partial charge in [0.2, 0.25) is 5.88 Å². The molecule has 6 nitrogen and oxygen atoms in total. The molecule has 0 bridgehead atoms. The molecule has 4 aromatic rings. The number of halogens is 3. The molecule has 0 aliphatic carbocycles. The van der Waals surface area contributed by atoms with Gasteiger partial charge in [-0.2, -0.15) is 8.78 Å². The number of esters is 1. The van der Waals surface area contributed by atoms with E-state index in [1.54, 1.807) is 38.1 Å². The van der Waals surface area contributed by atoms with Gasteiger partial charge >= 0.3 is 12.6 Å². The highest BCUT2D eigenvalue weighted by Crippen LogP contribution is 2.48. The van der Waals surface area contributed by atoms with E-state index in [-0.39, 0.29) is 53.3 Å². The number of aromatic nitrogens is 1. The molecule has 0 spiro atoms. The second-order valence-electron chi connectivity index (χ2n) is 7.38. The summed E-state index contributed by atoms with van der Waals surface area (Å²) in [5.74, 6) is -1.41. The average molecular weight is 473 g/mol. The number of hydrogen-bond acceptors (Lipinski definition) is 5. The van der Waals surface area contributed by atoms with Crippen molar-refractivity contribution in [1.29, 1.82) is 0 Å². The summed E-state index contributed by atoms with van der Waals surface area (Å²) in [7, 11) is 0. The van der Waals surface area contributed by atoms with Gasteiger partial charge in [-0.25, -0.2) is 4.39 Å². The molecule has 0 saturated carbocycles. The van der Waals surface area contributed by atoms with E-state index >= 15 is 0 Å². The number of carbonyl (C=O) groups is 1. The summed E-state index contributed by atoms with van der Waals surface area (Å²) in [6.45, 7) is 0.755. The van der Waals surface area contributed by atoms with Crippen LogP contribution in [0.4, 0.5) is 13.2 Å². The van der Waals surface area contributed by atoms with Crippen LogP contribution >= 0.6 is 0 Å². The molecular weight excluding hydrogens is 451 g/mol. The van der Waals surface area contributed by atoms with E-state index in [1.165, 1.54) is 22.9 Å². The van der Waals surface area contributed by atoms with E-state index in [0.29, 0.717) is 16.5 Å². The first-order valence-corrected chi connectivity index (χ1v) is 10.7. The quantitative estimate of drug-likeness (QED) is 0.331. The third-order valence-electron chi connectivity index (χ3n) is 5.32. The lowest BCUT2D eigenvalue weighted by molar-refractivity contribution is -0.142. The van der Waals surface area contributed by atoms with Gasteiger partial charge in [0, 0.05) is 17.0 Å². The van der Waals surface area contributed by atoms with Gasteiger partial charge in [0.1, 0.15) is 17.3 Å². The van der Waals surface area contributed by atoms with Crippen LogP contribution < -0.4 is 9.47 Å². The Morgan fingerprint density at radius 3 is 2.35 bits per heavy atom. The fourth-order valence-corrected chi connectivity index (χ4v) is 3.95. The molecule has 34 heavy (non-hydrogen) atoms. The topological polar surface area (TPSA) is 69.9 Å². The van der Waals surface area contributed by atoms with Crippen LogP contribution in [-0.2, 0) is 16.0 Å². The first-order chi connectivity index (χ1) is 16.3. The number of alkyl halides is 2. The number of aromatic hydroxyl groups is 1. The van der Waals surface area contributed by atoms with E-state index in [9.17, 15) is 23.1 Å². The predicted molar refractivity (Wildman–Crippen MR) is 121 cm³/mol.